The standard InChI is InChI=1S/C8H8F3NO/c9-8(10,11)4-5-1-2-6(12)3-7(5)13/h1-3,13H,4,12H2. The van der Waals surface area contributed by atoms with Gasteiger partial charge >= 0.3 is 6.18 Å². The molecule has 13 heavy (non-hydrogen) atoms. The Bertz CT molecular complexity index is 309. The Balaban J connectivity index is 2.90. The average molecular weight is 191 g/mol. The lowest BCUT2D eigenvalue weighted by Gasteiger charge is -2.08. The number of hydrogen-bond acceptors (Lipinski definition) is 2. The van der Waals surface area contributed by atoms with Crippen molar-refractivity contribution < 1.29 is 18.3 Å². The molecule has 0 aliphatic rings. The molecule has 0 heterocycles. The van der Waals surface area contributed by atoms with Crippen LogP contribution in [-0.2, 0) is 6.42 Å². The quantitative estimate of drug-likeness (QED) is 0.667. The first kappa shape index (κ1) is 9.70. The highest BCUT2D eigenvalue weighted by molar-refractivity contribution is 5.47. The van der Waals surface area contributed by atoms with E-state index in [2.05, 4.69) is 0 Å². The summed E-state index contributed by atoms with van der Waals surface area (Å²) in [5.41, 5.74) is 5.32. The van der Waals surface area contributed by atoms with E-state index in [0.717, 1.165) is 12.1 Å². The SMILES string of the molecule is Nc1ccc(CC(F)(F)F)c(O)c1. The van der Waals surface area contributed by atoms with Gasteiger partial charge in [-0.3, -0.25) is 0 Å². The fourth-order valence-corrected chi connectivity index (χ4v) is 0.946. The lowest BCUT2D eigenvalue weighted by molar-refractivity contribution is -0.127. The Morgan fingerprint density at radius 2 is 1.92 bits per heavy atom. The minimum Gasteiger partial charge on any atom is -0.508 e. The predicted molar refractivity (Wildman–Crippen MR) is 42.3 cm³/mol. The van der Waals surface area contributed by atoms with Gasteiger partial charge in [0.15, 0.2) is 0 Å². The van der Waals surface area contributed by atoms with Gasteiger partial charge in [-0.05, 0) is 6.07 Å². The number of alkyl halides is 3. The number of phenols is 1. The van der Waals surface area contributed by atoms with Crippen LogP contribution in [0.25, 0.3) is 0 Å². The van der Waals surface area contributed by atoms with Crippen molar-refractivity contribution in [1.82, 2.24) is 0 Å². The zero-order valence-electron chi connectivity index (χ0n) is 6.60. The van der Waals surface area contributed by atoms with Crippen LogP contribution >= 0.6 is 0 Å². The normalized spacial score (nSPS) is 11.6. The molecule has 0 aliphatic heterocycles. The fourth-order valence-electron chi connectivity index (χ4n) is 0.946. The number of phenolic OH excluding ortho intramolecular Hbond substituents is 1. The summed E-state index contributed by atoms with van der Waals surface area (Å²) in [5, 5.41) is 9.07. The number of rotatable bonds is 1. The van der Waals surface area contributed by atoms with Crippen LogP contribution in [-0.4, -0.2) is 11.3 Å². The molecule has 0 aliphatic carbocycles. The summed E-state index contributed by atoms with van der Waals surface area (Å²) in [5.74, 6) is -0.419. The van der Waals surface area contributed by atoms with E-state index in [4.69, 9.17) is 10.8 Å². The number of hydrogen-bond donors (Lipinski definition) is 2. The number of benzene rings is 1. The molecule has 0 atom stereocenters. The molecular weight excluding hydrogens is 183 g/mol. The summed E-state index contributed by atoms with van der Waals surface area (Å²) >= 11 is 0. The van der Waals surface area contributed by atoms with E-state index in [0.29, 0.717) is 0 Å². The molecule has 0 radical (unpaired) electrons. The first-order valence-electron chi connectivity index (χ1n) is 3.52. The zero-order valence-corrected chi connectivity index (χ0v) is 6.60. The summed E-state index contributed by atoms with van der Waals surface area (Å²) in [4.78, 5) is 0. The van der Waals surface area contributed by atoms with Crippen molar-refractivity contribution in [2.45, 2.75) is 12.6 Å². The van der Waals surface area contributed by atoms with E-state index in [1.54, 1.807) is 0 Å². The summed E-state index contributed by atoms with van der Waals surface area (Å²) in [6.45, 7) is 0. The van der Waals surface area contributed by atoms with E-state index in [-0.39, 0.29) is 11.3 Å². The molecule has 0 unspecified atom stereocenters. The molecular formula is C8H8F3NO. The topological polar surface area (TPSA) is 46.2 Å². The van der Waals surface area contributed by atoms with E-state index in [9.17, 15) is 13.2 Å². The van der Waals surface area contributed by atoms with E-state index < -0.39 is 18.3 Å². The monoisotopic (exact) mass is 191 g/mol. The minimum atomic E-state index is -4.31. The van der Waals surface area contributed by atoms with Gasteiger partial charge in [0, 0.05) is 17.3 Å². The van der Waals surface area contributed by atoms with Crippen LogP contribution in [0.1, 0.15) is 5.56 Å². The number of halogens is 3. The third-order valence-corrected chi connectivity index (χ3v) is 1.50. The Hall–Kier alpha value is -1.39. The van der Waals surface area contributed by atoms with Crippen LogP contribution in [0, 0.1) is 0 Å². The number of nitrogens with two attached hydrogens (primary N) is 1. The molecule has 1 aromatic carbocycles. The first-order chi connectivity index (χ1) is 5.88. The van der Waals surface area contributed by atoms with Gasteiger partial charge in [0.05, 0.1) is 6.42 Å². The molecule has 0 amide bonds. The van der Waals surface area contributed by atoms with Crippen molar-refractivity contribution in [2.75, 3.05) is 5.73 Å². The van der Waals surface area contributed by atoms with Gasteiger partial charge < -0.3 is 10.8 Å². The third-order valence-electron chi connectivity index (χ3n) is 1.50. The number of anilines is 1. The molecule has 3 N–H and O–H groups in total. The zero-order chi connectivity index (χ0) is 10.1. The van der Waals surface area contributed by atoms with Crippen molar-refractivity contribution in [3.8, 4) is 5.75 Å². The van der Waals surface area contributed by atoms with E-state index in [1.165, 1.54) is 6.07 Å². The van der Waals surface area contributed by atoms with Gasteiger partial charge in [-0.15, -0.1) is 0 Å². The number of nitrogen functional groups attached to an aromatic ring is 1. The van der Waals surface area contributed by atoms with E-state index >= 15 is 0 Å². The molecule has 72 valence electrons. The number of aromatic hydroxyl groups is 1. The predicted octanol–water partition coefficient (Wildman–Crippen LogP) is 2.08. The second-order valence-electron chi connectivity index (χ2n) is 2.68. The van der Waals surface area contributed by atoms with Crippen LogP contribution in [0.4, 0.5) is 18.9 Å². The van der Waals surface area contributed by atoms with Crippen LogP contribution < -0.4 is 5.73 Å². The van der Waals surface area contributed by atoms with Crippen LogP contribution in [0.3, 0.4) is 0 Å². The van der Waals surface area contributed by atoms with Crippen LogP contribution in [0.15, 0.2) is 18.2 Å². The Kier molecular flexibility index (Phi) is 2.36. The second kappa shape index (κ2) is 3.16. The maximum atomic E-state index is 11.9. The summed E-state index contributed by atoms with van der Waals surface area (Å²) < 4.78 is 35.6. The molecule has 2 nitrogen and oxygen atoms in total. The van der Waals surface area contributed by atoms with Gasteiger partial charge in [0.25, 0.3) is 0 Å². The Morgan fingerprint density at radius 3 is 2.38 bits per heavy atom. The average Bonchev–Trinajstić information content (AvgIpc) is 1.93. The van der Waals surface area contributed by atoms with Crippen molar-refractivity contribution in [3.05, 3.63) is 23.8 Å². The minimum absolute atomic E-state index is 0.165. The van der Waals surface area contributed by atoms with Crippen LogP contribution in [0.5, 0.6) is 5.75 Å². The van der Waals surface area contributed by atoms with Crippen LogP contribution in [0.2, 0.25) is 0 Å². The lowest BCUT2D eigenvalue weighted by atomic mass is 10.1. The fraction of sp³-hybridized carbons (Fsp3) is 0.250. The molecule has 1 aromatic rings. The summed E-state index contributed by atoms with van der Waals surface area (Å²) in [6, 6.07) is 3.58. The van der Waals surface area contributed by atoms with Gasteiger partial charge in [-0.25, -0.2) is 0 Å². The molecule has 0 spiro atoms. The highest BCUT2D eigenvalue weighted by atomic mass is 19.4. The Labute approximate surface area is 72.8 Å². The maximum Gasteiger partial charge on any atom is 0.393 e. The van der Waals surface area contributed by atoms with Crippen molar-refractivity contribution in [3.63, 3.8) is 0 Å². The molecule has 0 aromatic heterocycles. The summed E-state index contributed by atoms with van der Waals surface area (Å²) in [7, 11) is 0. The smallest absolute Gasteiger partial charge is 0.393 e. The van der Waals surface area contributed by atoms with E-state index in [1.807, 2.05) is 0 Å². The Morgan fingerprint density at radius 1 is 1.31 bits per heavy atom. The lowest BCUT2D eigenvalue weighted by Crippen LogP contribution is -2.11. The first-order valence-corrected chi connectivity index (χ1v) is 3.52. The van der Waals surface area contributed by atoms with Crippen molar-refractivity contribution in [2.24, 2.45) is 0 Å². The maximum absolute atomic E-state index is 11.9. The molecule has 0 saturated carbocycles. The molecule has 1 rings (SSSR count). The highest BCUT2D eigenvalue weighted by Crippen LogP contribution is 2.27. The van der Waals surface area contributed by atoms with Crippen molar-refractivity contribution in [1.29, 1.82) is 0 Å². The molecule has 0 fully saturated rings. The molecule has 0 bridgehead atoms. The largest absolute Gasteiger partial charge is 0.508 e. The molecule has 5 heteroatoms. The summed E-state index contributed by atoms with van der Waals surface area (Å²) in [6.07, 6.45) is -5.45. The molecule has 0 saturated heterocycles. The van der Waals surface area contributed by atoms with Gasteiger partial charge in [-0.2, -0.15) is 13.2 Å². The van der Waals surface area contributed by atoms with Gasteiger partial charge in [0.1, 0.15) is 5.75 Å². The van der Waals surface area contributed by atoms with Gasteiger partial charge in [0.2, 0.25) is 0 Å². The highest BCUT2D eigenvalue weighted by Gasteiger charge is 2.28. The van der Waals surface area contributed by atoms with Crippen molar-refractivity contribution >= 4 is 5.69 Å². The van der Waals surface area contributed by atoms with Gasteiger partial charge in [-0.1, -0.05) is 6.07 Å². The second-order valence-corrected chi connectivity index (χ2v) is 2.68. The third kappa shape index (κ3) is 2.85.